The molecule has 0 aromatic rings. The summed E-state index contributed by atoms with van der Waals surface area (Å²) in [5.74, 6) is -0.452. The van der Waals surface area contributed by atoms with E-state index in [2.05, 4.69) is 31.3 Å². The van der Waals surface area contributed by atoms with E-state index in [9.17, 15) is 24.5 Å². The van der Waals surface area contributed by atoms with E-state index >= 15 is 0 Å². The molecule has 0 aromatic heterocycles. The van der Waals surface area contributed by atoms with Crippen molar-refractivity contribution < 1.29 is 33.5 Å². The molecule has 10 heteroatoms. The van der Waals surface area contributed by atoms with Crippen molar-refractivity contribution in [3.8, 4) is 0 Å². The van der Waals surface area contributed by atoms with Crippen LogP contribution in [0.4, 0.5) is 0 Å². The zero-order valence-corrected chi connectivity index (χ0v) is 38.1. The summed E-state index contributed by atoms with van der Waals surface area (Å²) >= 11 is 0. The standard InChI is InChI=1S/C47H93N2O7P/c1-3-5-7-9-11-13-15-17-19-21-23-24-26-28-30-32-34-36-38-44(50)42-47(52)49-45(43-56-57(53,54)55-41-40-48)46(51)39-37-35-33-31-29-27-25-22-20-18-16-14-12-10-8-6-4-2/h29,31,37,39,44-46,50-51H,3-28,30,32-36,38,40-43,48H2,1-2H3,(H,49,52)(H,53,54)/b31-29+,39-37+. The summed E-state index contributed by atoms with van der Waals surface area (Å²) < 4.78 is 22.1. The number of carbonyl (C=O) groups is 1. The first-order chi connectivity index (χ1) is 27.8. The van der Waals surface area contributed by atoms with Crippen LogP contribution in [0.2, 0.25) is 0 Å². The lowest BCUT2D eigenvalue weighted by Crippen LogP contribution is -2.46. The van der Waals surface area contributed by atoms with Gasteiger partial charge in [-0.05, 0) is 32.1 Å². The summed E-state index contributed by atoms with van der Waals surface area (Å²) in [6.45, 7) is 3.98. The van der Waals surface area contributed by atoms with Crippen LogP contribution in [0, 0.1) is 0 Å². The highest BCUT2D eigenvalue weighted by atomic mass is 31.2. The van der Waals surface area contributed by atoms with Crippen molar-refractivity contribution in [2.24, 2.45) is 5.73 Å². The highest BCUT2D eigenvalue weighted by Gasteiger charge is 2.27. The Hall–Kier alpha value is -1.06. The molecule has 0 aromatic carbocycles. The summed E-state index contributed by atoms with van der Waals surface area (Å²) in [6, 6.07) is -0.996. The second-order valence-corrected chi connectivity index (χ2v) is 18.0. The van der Waals surface area contributed by atoms with E-state index in [0.29, 0.717) is 12.8 Å². The maximum atomic E-state index is 12.8. The number of unbranched alkanes of at least 4 members (excludes halogenated alkanes) is 29. The third-order valence-corrected chi connectivity index (χ3v) is 11.8. The van der Waals surface area contributed by atoms with Gasteiger partial charge in [-0.1, -0.05) is 218 Å². The molecule has 338 valence electrons. The maximum Gasteiger partial charge on any atom is 0.472 e. The first kappa shape index (κ1) is 55.9. The number of amides is 1. The number of phosphoric acid groups is 1. The van der Waals surface area contributed by atoms with Crippen molar-refractivity contribution in [1.29, 1.82) is 0 Å². The highest BCUT2D eigenvalue weighted by molar-refractivity contribution is 7.47. The Morgan fingerprint density at radius 1 is 0.596 bits per heavy atom. The molecule has 4 unspecified atom stereocenters. The van der Waals surface area contributed by atoms with Crippen molar-refractivity contribution in [1.82, 2.24) is 5.32 Å². The maximum absolute atomic E-state index is 12.8. The lowest BCUT2D eigenvalue weighted by atomic mass is 10.0. The number of hydrogen-bond donors (Lipinski definition) is 5. The zero-order valence-electron chi connectivity index (χ0n) is 37.2. The Kier molecular flexibility index (Phi) is 42.2. The normalized spacial score (nSPS) is 14.7. The minimum atomic E-state index is -4.41. The monoisotopic (exact) mass is 829 g/mol. The molecule has 0 aliphatic carbocycles. The lowest BCUT2D eigenvalue weighted by molar-refractivity contribution is -0.124. The second-order valence-electron chi connectivity index (χ2n) is 16.5. The molecule has 0 heterocycles. The first-order valence-electron chi connectivity index (χ1n) is 24.0. The van der Waals surface area contributed by atoms with E-state index < -0.39 is 38.6 Å². The third kappa shape index (κ3) is 41.5. The molecule has 4 atom stereocenters. The van der Waals surface area contributed by atoms with Crippen molar-refractivity contribution in [2.45, 2.75) is 250 Å². The number of aliphatic hydroxyl groups excluding tert-OH is 2. The fraction of sp³-hybridized carbons (Fsp3) is 0.894. The van der Waals surface area contributed by atoms with Gasteiger partial charge in [0.1, 0.15) is 0 Å². The average Bonchev–Trinajstić information content (AvgIpc) is 3.19. The summed E-state index contributed by atoms with van der Waals surface area (Å²) in [5.41, 5.74) is 5.37. The van der Waals surface area contributed by atoms with Crippen LogP contribution in [0.5, 0.6) is 0 Å². The quantitative estimate of drug-likeness (QED) is 0.0231. The first-order valence-corrected chi connectivity index (χ1v) is 25.5. The average molecular weight is 829 g/mol. The predicted molar refractivity (Wildman–Crippen MR) is 241 cm³/mol. The number of carbonyl (C=O) groups excluding carboxylic acids is 1. The van der Waals surface area contributed by atoms with Crippen LogP contribution in [0.3, 0.4) is 0 Å². The molecule has 0 bridgehead atoms. The van der Waals surface area contributed by atoms with Gasteiger partial charge in [0, 0.05) is 6.54 Å². The molecule has 9 nitrogen and oxygen atoms in total. The van der Waals surface area contributed by atoms with Crippen LogP contribution < -0.4 is 11.1 Å². The molecule has 6 N–H and O–H groups in total. The molecule has 0 saturated carbocycles. The zero-order chi connectivity index (χ0) is 41.9. The van der Waals surface area contributed by atoms with Crippen LogP contribution in [-0.2, 0) is 18.4 Å². The van der Waals surface area contributed by atoms with Crippen molar-refractivity contribution >= 4 is 13.7 Å². The molecule has 0 aliphatic heterocycles. The van der Waals surface area contributed by atoms with Gasteiger partial charge in [0.15, 0.2) is 0 Å². The Balaban J connectivity index is 4.27. The van der Waals surface area contributed by atoms with Gasteiger partial charge in [-0.25, -0.2) is 4.57 Å². The molecule has 0 rings (SSSR count). The van der Waals surface area contributed by atoms with Gasteiger partial charge in [0.05, 0.1) is 37.9 Å². The summed E-state index contributed by atoms with van der Waals surface area (Å²) in [6.07, 6.45) is 47.0. The van der Waals surface area contributed by atoms with Crippen molar-refractivity contribution in [2.75, 3.05) is 19.8 Å². The van der Waals surface area contributed by atoms with E-state index in [4.69, 9.17) is 14.8 Å². The van der Waals surface area contributed by atoms with E-state index in [1.54, 1.807) is 6.08 Å². The number of aliphatic hydroxyl groups is 2. The number of nitrogens with one attached hydrogen (secondary N) is 1. The highest BCUT2D eigenvalue weighted by Crippen LogP contribution is 2.43. The smallest absolute Gasteiger partial charge is 0.393 e. The van der Waals surface area contributed by atoms with Crippen LogP contribution in [-0.4, -0.2) is 59.0 Å². The van der Waals surface area contributed by atoms with Gasteiger partial charge >= 0.3 is 7.82 Å². The van der Waals surface area contributed by atoms with Crippen molar-refractivity contribution in [3.05, 3.63) is 24.3 Å². The lowest BCUT2D eigenvalue weighted by Gasteiger charge is -2.24. The van der Waals surface area contributed by atoms with Crippen LogP contribution in [0.1, 0.15) is 232 Å². The van der Waals surface area contributed by atoms with Crippen molar-refractivity contribution in [3.63, 3.8) is 0 Å². The van der Waals surface area contributed by atoms with Gasteiger partial charge in [0.2, 0.25) is 5.91 Å². The molecule has 0 saturated heterocycles. The molecular weight excluding hydrogens is 735 g/mol. The predicted octanol–water partition coefficient (Wildman–Crippen LogP) is 12.7. The summed E-state index contributed by atoms with van der Waals surface area (Å²) in [7, 11) is -4.41. The SMILES string of the molecule is CCCCCCCCCCCCC/C=C/CC/C=C/C(O)C(COP(=O)(O)OCCN)NC(=O)CC(O)CCCCCCCCCCCCCCCCCCCC. The van der Waals surface area contributed by atoms with E-state index in [1.165, 1.54) is 167 Å². The molecule has 0 radical (unpaired) electrons. The van der Waals surface area contributed by atoms with E-state index in [1.807, 2.05) is 6.08 Å². The second kappa shape index (κ2) is 43.0. The third-order valence-electron chi connectivity index (χ3n) is 10.8. The van der Waals surface area contributed by atoms with Gasteiger partial charge in [-0.2, -0.15) is 0 Å². The van der Waals surface area contributed by atoms with Crippen LogP contribution >= 0.6 is 7.82 Å². The Labute approximate surface area is 351 Å². The van der Waals surface area contributed by atoms with Gasteiger partial charge in [0.25, 0.3) is 0 Å². The number of phosphoric ester groups is 1. The number of nitrogens with two attached hydrogens (primary N) is 1. The number of allylic oxidation sites excluding steroid dienone is 3. The van der Waals surface area contributed by atoms with Crippen LogP contribution in [0.25, 0.3) is 0 Å². The summed E-state index contributed by atoms with van der Waals surface area (Å²) in [4.78, 5) is 22.8. The van der Waals surface area contributed by atoms with Gasteiger partial charge < -0.3 is 26.2 Å². The fourth-order valence-electron chi connectivity index (χ4n) is 7.19. The molecule has 0 aliphatic rings. The van der Waals surface area contributed by atoms with Gasteiger partial charge in [-0.3, -0.25) is 13.8 Å². The van der Waals surface area contributed by atoms with Crippen LogP contribution in [0.15, 0.2) is 24.3 Å². The van der Waals surface area contributed by atoms with E-state index in [0.717, 1.165) is 32.1 Å². The largest absolute Gasteiger partial charge is 0.472 e. The summed E-state index contributed by atoms with van der Waals surface area (Å²) in [5, 5.41) is 24.1. The number of rotatable bonds is 45. The minimum absolute atomic E-state index is 0.0462. The van der Waals surface area contributed by atoms with Gasteiger partial charge in [-0.15, -0.1) is 0 Å². The Bertz CT molecular complexity index is 966. The molecule has 57 heavy (non-hydrogen) atoms. The Morgan fingerprint density at radius 2 is 1.00 bits per heavy atom. The fourth-order valence-corrected chi connectivity index (χ4v) is 7.95. The number of hydrogen-bond acceptors (Lipinski definition) is 7. The molecule has 1 amide bonds. The molecule has 0 fully saturated rings. The topological polar surface area (TPSA) is 151 Å². The Morgan fingerprint density at radius 3 is 1.46 bits per heavy atom. The molecule has 0 spiro atoms. The minimum Gasteiger partial charge on any atom is -0.393 e. The van der Waals surface area contributed by atoms with E-state index in [-0.39, 0.29) is 19.6 Å². The molecular formula is C47H93N2O7P.